The first kappa shape index (κ1) is 16.2. The van der Waals surface area contributed by atoms with Gasteiger partial charge in [-0.05, 0) is 54.8 Å². The van der Waals surface area contributed by atoms with Crippen LogP contribution < -0.4 is 5.32 Å². The van der Waals surface area contributed by atoms with Crippen LogP contribution in [0.1, 0.15) is 32.1 Å². The predicted octanol–water partition coefficient (Wildman–Crippen LogP) is 5.76. The van der Waals surface area contributed by atoms with Crippen molar-refractivity contribution in [3.8, 4) is 21.7 Å². The lowest BCUT2D eigenvalue weighted by Crippen LogP contribution is -2.22. The maximum Gasteiger partial charge on any atom is 0.126 e. The van der Waals surface area contributed by atoms with Crippen LogP contribution in [0.2, 0.25) is 0 Å². The Bertz CT molecular complexity index is 838. The van der Waals surface area contributed by atoms with Crippen LogP contribution in [0.5, 0.6) is 0 Å². The van der Waals surface area contributed by atoms with Crippen LogP contribution in [0.4, 0.5) is 10.2 Å². The smallest absolute Gasteiger partial charge is 0.126 e. The third kappa shape index (κ3) is 3.71. The fraction of sp³-hybridized carbons (Fsp3) is 0.300. The summed E-state index contributed by atoms with van der Waals surface area (Å²) in [6.07, 6.45) is 8.20. The van der Waals surface area contributed by atoms with Gasteiger partial charge in [-0.15, -0.1) is 11.3 Å². The maximum absolute atomic E-state index is 13.2. The Morgan fingerprint density at radius 3 is 2.56 bits per heavy atom. The number of thiazole rings is 1. The van der Waals surface area contributed by atoms with E-state index < -0.39 is 0 Å². The van der Waals surface area contributed by atoms with E-state index in [4.69, 9.17) is 0 Å². The zero-order chi connectivity index (χ0) is 17.1. The van der Waals surface area contributed by atoms with E-state index in [9.17, 15) is 4.39 Å². The van der Waals surface area contributed by atoms with Crippen molar-refractivity contribution in [2.45, 2.75) is 38.1 Å². The van der Waals surface area contributed by atoms with E-state index in [1.165, 1.54) is 44.2 Å². The van der Waals surface area contributed by atoms with Gasteiger partial charge in [0.15, 0.2) is 0 Å². The number of hydrogen-bond donors (Lipinski definition) is 1. The zero-order valence-corrected chi connectivity index (χ0v) is 14.7. The average molecular weight is 353 g/mol. The topological polar surface area (TPSA) is 37.8 Å². The van der Waals surface area contributed by atoms with Gasteiger partial charge in [0.2, 0.25) is 0 Å². The molecule has 1 fully saturated rings. The normalized spacial score (nSPS) is 15.2. The summed E-state index contributed by atoms with van der Waals surface area (Å²) >= 11 is 1.60. The largest absolute Gasteiger partial charge is 0.367 e. The number of pyridine rings is 1. The van der Waals surface area contributed by atoms with Gasteiger partial charge >= 0.3 is 0 Å². The summed E-state index contributed by atoms with van der Waals surface area (Å²) in [5.74, 6) is 0.686. The van der Waals surface area contributed by atoms with Gasteiger partial charge in [0.05, 0.1) is 16.1 Å². The number of rotatable bonds is 4. The summed E-state index contributed by atoms with van der Waals surface area (Å²) in [6, 6.07) is 11.1. The van der Waals surface area contributed by atoms with Crippen LogP contribution in [0.3, 0.4) is 0 Å². The molecule has 1 aliphatic carbocycles. The SMILES string of the molecule is Fc1ccc(-c2ncsc2-c2ccnc(NC3CCCCC3)c2)cc1. The van der Waals surface area contributed by atoms with Crippen LogP contribution >= 0.6 is 11.3 Å². The molecule has 0 bridgehead atoms. The molecule has 1 saturated carbocycles. The number of benzene rings is 1. The fourth-order valence-electron chi connectivity index (χ4n) is 3.37. The second-order valence-electron chi connectivity index (χ2n) is 6.45. The second kappa shape index (κ2) is 7.31. The molecule has 0 atom stereocenters. The van der Waals surface area contributed by atoms with Crippen molar-refractivity contribution in [1.82, 2.24) is 9.97 Å². The Labute approximate surface area is 151 Å². The third-order valence-electron chi connectivity index (χ3n) is 4.66. The highest BCUT2D eigenvalue weighted by Crippen LogP contribution is 2.35. The number of anilines is 1. The van der Waals surface area contributed by atoms with Gasteiger partial charge in [-0.3, -0.25) is 0 Å². The molecule has 2 heterocycles. The number of hydrogen-bond acceptors (Lipinski definition) is 4. The van der Waals surface area contributed by atoms with E-state index in [2.05, 4.69) is 21.4 Å². The first-order valence-corrected chi connectivity index (χ1v) is 9.60. The molecule has 3 nitrogen and oxygen atoms in total. The Balaban J connectivity index is 1.61. The predicted molar refractivity (Wildman–Crippen MR) is 101 cm³/mol. The lowest BCUT2D eigenvalue weighted by Gasteiger charge is -2.23. The zero-order valence-electron chi connectivity index (χ0n) is 13.9. The molecule has 1 aliphatic rings. The Morgan fingerprint density at radius 1 is 0.960 bits per heavy atom. The molecule has 0 amide bonds. The Morgan fingerprint density at radius 2 is 1.76 bits per heavy atom. The number of nitrogens with zero attached hydrogens (tertiary/aromatic N) is 2. The molecule has 0 saturated heterocycles. The third-order valence-corrected chi connectivity index (χ3v) is 5.54. The van der Waals surface area contributed by atoms with Crippen molar-refractivity contribution in [1.29, 1.82) is 0 Å². The Kier molecular flexibility index (Phi) is 4.74. The molecule has 0 spiro atoms. The van der Waals surface area contributed by atoms with Crippen LogP contribution in [-0.2, 0) is 0 Å². The molecule has 4 rings (SSSR count). The molecule has 5 heteroatoms. The lowest BCUT2D eigenvalue weighted by atomic mass is 9.95. The summed E-state index contributed by atoms with van der Waals surface area (Å²) in [5, 5.41) is 3.57. The highest BCUT2D eigenvalue weighted by Gasteiger charge is 2.15. The Hall–Kier alpha value is -2.27. The van der Waals surface area contributed by atoms with Crippen molar-refractivity contribution in [2.75, 3.05) is 5.32 Å². The minimum Gasteiger partial charge on any atom is -0.367 e. The van der Waals surface area contributed by atoms with Gasteiger partial charge in [0.1, 0.15) is 11.6 Å². The van der Waals surface area contributed by atoms with E-state index >= 15 is 0 Å². The van der Waals surface area contributed by atoms with Crippen LogP contribution in [0, 0.1) is 5.82 Å². The van der Waals surface area contributed by atoms with Crippen LogP contribution in [-0.4, -0.2) is 16.0 Å². The highest BCUT2D eigenvalue weighted by molar-refractivity contribution is 7.13. The van der Waals surface area contributed by atoms with Crippen LogP contribution in [0.15, 0.2) is 48.1 Å². The van der Waals surface area contributed by atoms with Crippen molar-refractivity contribution in [3.63, 3.8) is 0 Å². The van der Waals surface area contributed by atoms with E-state index in [-0.39, 0.29) is 5.82 Å². The summed E-state index contributed by atoms with van der Waals surface area (Å²) in [7, 11) is 0. The van der Waals surface area contributed by atoms with Crippen molar-refractivity contribution in [3.05, 3.63) is 53.9 Å². The summed E-state index contributed by atoms with van der Waals surface area (Å²) in [5.41, 5.74) is 4.74. The van der Waals surface area contributed by atoms with E-state index in [0.717, 1.165) is 27.5 Å². The van der Waals surface area contributed by atoms with Crippen molar-refractivity contribution >= 4 is 17.2 Å². The fourth-order valence-corrected chi connectivity index (χ4v) is 4.18. The molecular formula is C20H20FN3S. The molecule has 25 heavy (non-hydrogen) atoms. The number of nitrogens with one attached hydrogen (secondary N) is 1. The van der Waals surface area contributed by atoms with E-state index in [1.54, 1.807) is 23.5 Å². The van der Waals surface area contributed by atoms with E-state index in [0.29, 0.717) is 6.04 Å². The molecule has 0 aliphatic heterocycles. The quantitative estimate of drug-likeness (QED) is 0.648. The number of aromatic nitrogens is 2. The monoisotopic (exact) mass is 353 g/mol. The first-order chi connectivity index (χ1) is 12.3. The standard InChI is InChI=1S/C20H20FN3S/c21-16-8-6-14(7-9-16)19-20(25-13-23-19)15-10-11-22-18(12-15)24-17-4-2-1-3-5-17/h6-13,17H,1-5H2,(H,22,24). The molecule has 0 unspecified atom stereocenters. The molecular weight excluding hydrogens is 333 g/mol. The molecule has 1 N–H and O–H groups in total. The molecule has 128 valence electrons. The minimum atomic E-state index is -0.233. The maximum atomic E-state index is 13.2. The van der Waals surface area contributed by atoms with Crippen molar-refractivity contribution < 1.29 is 4.39 Å². The summed E-state index contributed by atoms with van der Waals surface area (Å²) in [4.78, 5) is 10.1. The van der Waals surface area contributed by atoms with Gasteiger partial charge in [-0.2, -0.15) is 0 Å². The highest BCUT2D eigenvalue weighted by atomic mass is 32.1. The van der Waals surface area contributed by atoms with Gasteiger partial charge in [-0.1, -0.05) is 19.3 Å². The van der Waals surface area contributed by atoms with Gasteiger partial charge < -0.3 is 5.32 Å². The van der Waals surface area contributed by atoms with Gasteiger partial charge in [0.25, 0.3) is 0 Å². The number of halogens is 1. The van der Waals surface area contributed by atoms with Crippen molar-refractivity contribution in [2.24, 2.45) is 0 Å². The average Bonchev–Trinajstić information content (AvgIpc) is 3.13. The van der Waals surface area contributed by atoms with Gasteiger partial charge in [0, 0.05) is 17.8 Å². The molecule has 1 aromatic carbocycles. The first-order valence-electron chi connectivity index (χ1n) is 8.72. The molecule has 3 aromatic rings. The molecule has 0 radical (unpaired) electrons. The van der Waals surface area contributed by atoms with Gasteiger partial charge in [-0.25, -0.2) is 14.4 Å². The molecule has 2 aromatic heterocycles. The van der Waals surface area contributed by atoms with E-state index in [1.807, 2.05) is 17.8 Å². The summed E-state index contributed by atoms with van der Waals surface area (Å²) < 4.78 is 13.2. The lowest BCUT2D eigenvalue weighted by molar-refractivity contribution is 0.462. The summed E-state index contributed by atoms with van der Waals surface area (Å²) in [6.45, 7) is 0. The second-order valence-corrected chi connectivity index (χ2v) is 7.30. The van der Waals surface area contributed by atoms with Crippen LogP contribution in [0.25, 0.3) is 21.7 Å². The minimum absolute atomic E-state index is 0.233.